The molecule has 130 valence electrons. The van der Waals surface area contributed by atoms with Crippen molar-refractivity contribution >= 4 is 11.8 Å². The van der Waals surface area contributed by atoms with Crippen molar-refractivity contribution in [3.8, 4) is 11.3 Å². The van der Waals surface area contributed by atoms with Crippen molar-refractivity contribution in [3.63, 3.8) is 0 Å². The molecule has 2 N–H and O–H groups in total. The van der Waals surface area contributed by atoms with Crippen LogP contribution in [-0.4, -0.2) is 34.8 Å². The molecule has 1 saturated heterocycles. The first-order chi connectivity index (χ1) is 12.1. The van der Waals surface area contributed by atoms with E-state index in [1.54, 1.807) is 12.1 Å². The van der Waals surface area contributed by atoms with Crippen molar-refractivity contribution < 1.29 is 9.59 Å². The van der Waals surface area contributed by atoms with Crippen LogP contribution in [0, 0.1) is 0 Å². The van der Waals surface area contributed by atoms with E-state index < -0.39 is 5.91 Å². The maximum absolute atomic E-state index is 12.7. The van der Waals surface area contributed by atoms with Crippen LogP contribution in [0.3, 0.4) is 0 Å². The van der Waals surface area contributed by atoms with Crippen LogP contribution in [0.4, 0.5) is 0 Å². The molecule has 0 atom stereocenters. The second-order valence-corrected chi connectivity index (χ2v) is 6.43. The van der Waals surface area contributed by atoms with Gasteiger partial charge < -0.3 is 10.6 Å². The van der Waals surface area contributed by atoms with Gasteiger partial charge in [0.25, 0.3) is 5.91 Å². The van der Waals surface area contributed by atoms with Crippen LogP contribution >= 0.6 is 0 Å². The van der Waals surface area contributed by atoms with E-state index in [4.69, 9.17) is 5.73 Å². The molecule has 2 aromatic rings. The van der Waals surface area contributed by atoms with Gasteiger partial charge >= 0.3 is 0 Å². The van der Waals surface area contributed by atoms with Crippen LogP contribution in [0.15, 0.2) is 42.6 Å². The topological polar surface area (TPSA) is 76.3 Å². The number of carbonyl (C=O) groups excluding carboxylic acids is 2. The fourth-order valence-electron chi connectivity index (χ4n) is 3.13. The summed E-state index contributed by atoms with van der Waals surface area (Å²) < 4.78 is 0. The third-order valence-electron chi connectivity index (χ3n) is 4.62. The molecule has 1 aliphatic rings. The molecule has 0 radical (unpaired) electrons. The normalized spacial score (nSPS) is 15.3. The van der Waals surface area contributed by atoms with Crippen LogP contribution in [0.1, 0.15) is 52.8 Å². The van der Waals surface area contributed by atoms with Crippen LogP contribution in [-0.2, 0) is 0 Å². The Morgan fingerprint density at radius 2 is 1.44 bits per heavy atom. The average Bonchev–Trinajstić information content (AvgIpc) is 2.61. The molecule has 0 saturated carbocycles. The van der Waals surface area contributed by atoms with E-state index in [1.807, 2.05) is 29.2 Å². The molecule has 3 rings (SSSR count). The Hall–Kier alpha value is -2.69. The molecular weight excluding hydrogens is 314 g/mol. The fourth-order valence-corrected chi connectivity index (χ4v) is 3.13. The van der Waals surface area contributed by atoms with Gasteiger partial charge in [-0.3, -0.25) is 14.6 Å². The Kier molecular flexibility index (Phi) is 5.43. The molecule has 5 heteroatoms. The SMILES string of the molecule is NC(=O)c1ccc(-c2ccc(C(=O)N3CCCCCCC3)cc2)nc1. The van der Waals surface area contributed by atoms with E-state index in [2.05, 4.69) is 4.98 Å². The molecule has 0 spiro atoms. The maximum atomic E-state index is 12.7. The van der Waals surface area contributed by atoms with Crippen molar-refractivity contribution in [1.29, 1.82) is 0 Å². The van der Waals surface area contributed by atoms with Crippen molar-refractivity contribution in [2.24, 2.45) is 5.73 Å². The van der Waals surface area contributed by atoms with E-state index in [0.717, 1.165) is 37.2 Å². The standard InChI is InChI=1S/C20H23N3O2/c21-19(24)17-10-11-18(22-14-17)15-6-8-16(9-7-15)20(25)23-12-4-2-1-3-5-13-23/h6-11,14H,1-5,12-13H2,(H2,21,24). The zero-order valence-electron chi connectivity index (χ0n) is 14.3. The van der Waals surface area contributed by atoms with Gasteiger partial charge in [-0.1, -0.05) is 31.4 Å². The summed E-state index contributed by atoms with van der Waals surface area (Å²) in [6.45, 7) is 1.69. The second-order valence-electron chi connectivity index (χ2n) is 6.43. The van der Waals surface area contributed by atoms with Crippen LogP contribution < -0.4 is 5.73 Å². The van der Waals surface area contributed by atoms with Gasteiger partial charge in [0.1, 0.15) is 0 Å². The molecular formula is C20H23N3O2. The number of primary amides is 1. The van der Waals surface area contributed by atoms with E-state index in [1.165, 1.54) is 25.5 Å². The highest BCUT2D eigenvalue weighted by Crippen LogP contribution is 2.19. The zero-order valence-corrected chi connectivity index (χ0v) is 14.3. The smallest absolute Gasteiger partial charge is 0.253 e. The van der Waals surface area contributed by atoms with Gasteiger partial charge in [0, 0.05) is 30.4 Å². The van der Waals surface area contributed by atoms with Crippen molar-refractivity contribution in [2.75, 3.05) is 13.1 Å². The molecule has 1 fully saturated rings. The third kappa shape index (κ3) is 4.24. The lowest BCUT2D eigenvalue weighted by Gasteiger charge is -2.25. The number of rotatable bonds is 3. The van der Waals surface area contributed by atoms with E-state index >= 15 is 0 Å². The van der Waals surface area contributed by atoms with E-state index in [0.29, 0.717) is 11.1 Å². The minimum atomic E-state index is -0.492. The van der Waals surface area contributed by atoms with Crippen LogP contribution in [0.25, 0.3) is 11.3 Å². The number of amides is 2. The second kappa shape index (κ2) is 7.92. The molecule has 2 amide bonds. The number of carbonyl (C=O) groups is 2. The summed E-state index contributed by atoms with van der Waals surface area (Å²) in [5.74, 6) is -0.390. The number of benzene rings is 1. The average molecular weight is 337 g/mol. The van der Waals surface area contributed by atoms with Crippen molar-refractivity contribution in [2.45, 2.75) is 32.1 Å². The highest BCUT2D eigenvalue weighted by molar-refractivity contribution is 5.95. The first-order valence-corrected chi connectivity index (χ1v) is 8.81. The largest absolute Gasteiger partial charge is 0.366 e. The minimum Gasteiger partial charge on any atom is -0.366 e. The van der Waals surface area contributed by atoms with Crippen molar-refractivity contribution in [1.82, 2.24) is 9.88 Å². The molecule has 1 aliphatic heterocycles. The van der Waals surface area contributed by atoms with E-state index in [-0.39, 0.29) is 5.91 Å². The number of hydrogen-bond acceptors (Lipinski definition) is 3. The van der Waals surface area contributed by atoms with Crippen molar-refractivity contribution in [3.05, 3.63) is 53.7 Å². The van der Waals surface area contributed by atoms with Crippen LogP contribution in [0.2, 0.25) is 0 Å². The minimum absolute atomic E-state index is 0.102. The number of nitrogens with zero attached hydrogens (tertiary/aromatic N) is 2. The quantitative estimate of drug-likeness (QED) is 0.934. The Morgan fingerprint density at radius 1 is 0.840 bits per heavy atom. The first-order valence-electron chi connectivity index (χ1n) is 8.81. The molecule has 2 heterocycles. The van der Waals surface area contributed by atoms with Gasteiger partial charge in [-0.2, -0.15) is 0 Å². The van der Waals surface area contributed by atoms with Gasteiger partial charge in [-0.05, 0) is 37.1 Å². The van der Waals surface area contributed by atoms with E-state index in [9.17, 15) is 9.59 Å². The number of pyridine rings is 1. The van der Waals surface area contributed by atoms with Gasteiger partial charge in [0.15, 0.2) is 0 Å². The molecule has 25 heavy (non-hydrogen) atoms. The highest BCUT2D eigenvalue weighted by Gasteiger charge is 2.16. The fraction of sp³-hybridized carbons (Fsp3) is 0.350. The first kappa shape index (κ1) is 17.1. The Morgan fingerprint density at radius 3 is 2.00 bits per heavy atom. The molecule has 0 bridgehead atoms. The van der Waals surface area contributed by atoms with Gasteiger partial charge in [0.05, 0.1) is 11.3 Å². The van der Waals surface area contributed by atoms with Gasteiger partial charge in [-0.25, -0.2) is 0 Å². The summed E-state index contributed by atoms with van der Waals surface area (Å²) in [6, 6.07) is 10.9. The van der Waals surface area contributed by atoms with Gasteiger partial charge in [0.2, 0.25) is 5.91 Å². The lowest BCUT2D eigenvalue weighted by atomic mass is 10.1. The maximum Gasteiger partial charge on any atom is 0.253 e. The number of likely N-dealkylation sites (tertiary alicyclic amines) is 1. The Bertz CT molecular complexity index is 731. The predicted molar refractivity (Wildman–Crippen MR) is 97.2 cm³/mol. The van der Waals surface area contributed by atoms with Gasteiger partial charge in [-0.15, -0.1) is 0 Å². The lowest BCUT2D eigenvalue weighted by Crippen LogP contribution is -2.33. The summed E-state index contributed by atoms with van der Waals surface area (Å²) in [5.41, 5.74) is 7.96. The lowest BCUT2D eigenvalue weighted by molar-refractivity contribution is 0.0742. The zero-order chi connectivity index (χ0) is 17.6. The van der Waals surface area contributed by atoms with Crippen LogP contribution in [0.5, 0.6) is 0 Å². The monoisotopic (exact) mass is 337 g/mol. The molecule has 1 aromatic carbocycles. The number of aromatic nitrogens is 1. The molecule has 5 nitrogen and oxygen atoms in total. The number of hydrogen-bond donors (Lipinski definition) is 1. The highest BCUT2D eigenvalue weighted by atomic mass is 16.2. The molecule has 0 unspecified atom stereocenters. The summed E-state index contributed by atoms with van der Waals surface area (Å²) in [6.07, 6.45) is 7.32. The Labute approximate surface area is 147 Å². The summed E-state index contributed by atoms with van der Waals surface area (Å²) in [7, 11) is 0. The summed E-state index contributed by atoms with van der Waals surface area (Å²) in [5, 5.41) is 0. The molecule has 1 aromatic heterocycles. The number of nitrogens with two attached hydrogens (primary N) is 1. The molecule has 0 aliphatic carbocycles. The third-order valence-corrected chi connectivity index (χ3v) is 4.62. The predicted octanol–water partition coefficient (Wildman–Crippen LogP) is 3.25. The summed E-state index contributed by atoms with van der Waals surface area (Å²) in [4.78, 5) is 30.0. The summed E-state index contributed by atoms with van der Waals surface area (Å²) >= 11 is 0. The Balaban J connectivity index is 1.72.